The molecular weight excluding hydrogens is 304 g/mol. The van der Waals surface area contributed by atoms with Crippen LogP contribution in [0.3, 0.4) is 0 Å². The third kappa shape index (κ3) is 2.68. The van der Waals surface area contributed by atoms with E-state index in [0.717, 1.165) is 30.9 Å². The molecule has 3 heterocycles. The van der Waals surface area contributed by atoms with Gasteiger partial charge in [0.05, 0.1) is 11.4 Å². The maximum Gasteiger partial charge on any atom is 0.274 e. The van der Waals surface area contributed by atoms with Gasteiger partial charge >= 0.3 is 0 Å². The number of carbonyl (C=O) groups is 1. The number of benzene rings is 1. The third-order valence-electron chi connectivity index (χ3n) is 4.25. The summed E-state index contributed by atoms with van der Waals surface area (Å²) in [6, 6.07) is 9.66. The zero-order valence-electron chi connectivity index (χ0n) is 13.4. The summed E-state index contributed by atoms with van der Waals surface area (Å²) in [4.78, 5) is 18.4. The minimum absolute atomic E-state index is 0.0838. The molecule has 7 nitrogen and oxygen atoms in total. The van der Waals surface area contributed by atoms with E-state index in [0.29, 0.717) is 11.4 Å². The second-order valence-corrected chi connectivity index (χ2v) is 5.96. The predicted octanol–water partition coefficient (Wildman–Crippen LogP) is 1.52. The van der Waals surface area contributed by atoms with Crippen LogP contribution in [0, 0.1) is 6.92 Å². The van der Waals surface area contributed by atoms with E-state index in [1.54, 1.807) is 13.1 Å². The Morgan fingerprint density at radius 3 is 2.92 bits per heavy atom. The fourth-order valence-corrected chi connectivity index (χ4v) is 3.00. The molecule has 24 heavy (non-hydrogen) atoms. The van der Waals surface area contributed by atoms with Crippen LogP contribution in [0.4, 0.5) is 0 Å². The number of aromatic nitrogens is 5. The Hall–Kier alpha value is -2.96. The lowest BCUT2D eigenvalue weighted by Gasteiger charge is -2.24. The lowest BCUT2D eigenvalue weighted by molar-refractivity contribution is 0.0921. The Morgan fingerprint density at radius 2 is 2.08 bits per heavy atom. The molecule has 4 rings (SSSR count). The van der Waals surface area contributed by atoms with Crippen molar-refractivity contribution in [1.29, 1.82) is 0 Å². The standard InChI is InChI=1S/C17H18N6O/c1-12-16(21-23(20-12)14-5-3-2-4-6-14)17(24)19-13-7-8-15-18-9-10-22(15)11-13/h2-6,9-10,13H,7-8,11H2,1H3,(H,19,24)/t13-/m1/s1. The van der Waals surface area contributed by atoms with Gasteiger partial charge in [0, 0.05) is 31.4 Å². The number of hydrogen-bond donors (Lipinski definition) is 1. The highest BCUT2D eigenvalue weighted by molar-refractivity contribution is 5.93. The van der Waals surface area contributed by atoms with Crippen molar-refractivity contribution in [3.8, 4) is 5.69 Å². The molecule has 0 spiro atoms. The highest BCUT2D eigenvalue weighted by Gasteiger charge is 2.23. The van der Waals surface area contributed by atoms with Crippen molar-refractivity contribution in [2.24, 2.45) is 0 Å². The lowest BCUT2D eigenvalue weighted by atomic mass is 10.1. The summed E-state index contributed by atoms with van der Waals surface area (Å²) in [5.41, 5.74) is 1.83. The number of fused-ring (bicyclic) bond motifs is 1. The maximum absolute atomic E-state index is 12.6. The Balaban J connectivity index is 1.50. The summed E-state index contributed by atoms with van der Waals surface area (Å²) in [5.74, 6) is 0.898. The van der Waals surface area contributed by atoms with Gasteiger partial charge in [-0.1, -0.05) is 18.2 Å². The Bertz CT molecular complexity index is 866. The fraction of sp³-hybridized carbons (Fsp3) is 0.294. The predicted molar refractivity (Wildman–Crippen MR) is 87.9 cm³/mol. The van der Waals surface area contributed by atoms with E-state index < -0.39 is 0 Å². The molecule has 1 atom stereocenters. The molecule has 3 aromatic rings. The van der Waals surface area contributed by atoms with Crippen LogP contribution in [-0.4, -0.2) is 36.5 Å². The number of para-hydroxylation sites is 1. The molecular formula is C17H18N6O. The number of hydrogen-bond acceptors (Lipinski definition) is 4. The van der Waals surface area contributed by atoms with Crippen molar-refractivity contribution in [2.45, 2.75) is 32.4 Å². The lowest BCUT2D eigenvalue weighted by Crippen LogP contribution is -2.41. The van der Waals surface area contributed by atoms with Crippen molar-refractivity contribution in [3.05, 3.63) is 59.9 Å². The number of imidazole rings is 1. The Morgan fingerprint density at radius 1 is 1.25 bits per heavy atom. The summed E-state index contributed by atoms with van der Waals surface area (Å²) in [5, 5.41) is 11.8. The van der Waals surface area contributed by atoms with Crippen LogP contribution in [0.5, 0.6) is 0 Å². The minimum atomic E-state index is -0.178. The first kappa shape index (κ1) is 14.6. The summed E-state index contributed by atoms with van der Waals surface area (Å²) in [7, 11) is 0. The molecule has 0 saturated carbocycles. The van der Waals surface area contributed by atoms with Gasteiger partial charge in [-0.25, -0.2) is 4.98 Å². The molecule has 2 aromatic heterocycles. The van der Waals surface area contributed by atoms with Gasteiger partial charge in [-0.3, -0.25) is 4.79 Å². The van der Waals surface area contributed by atoms with Gasteiger partial charge in [-0.05, 0) is 25.5 Å². The van der Waals surface area contributed by atoms with Crippen LogP contribution < -0.4 is 5.32 Å². The van der Waals surface area contributed by atoms with E-state index in [4.69, 9.17) is 0 Å². The first-order valence-corrected chi connectivity index (χ1v) is 8.01. The SMILES string of the molecule is Cc1nn(-c2ccccc2)nc1C(=O)N[C@@H]1CCc2nccn2C1. The van der Waals surface area contributed by atoms with Crippen LogP contribution in [0.2, 0.25) is 0 Å². The summed E-state index contributed by atoms with van der Waals surface area (Å²) in [6.45, 7) is 2.54. The average Bonchev–Trinajstić information content (AvgIpc) is 3.21. The monoisotopic (exact) mass is 322 g/mol. The third-order valence-corrected chi connectivity index (χ3v) is 4.25. The van der Waals surface area contributed by atoms with Crippen molar-refractivity contribution >= 4 is 5.91 Å². The number of aryl methyl sites for hydroxylation is 2. The average molecular weight is 322 g/mol. The van der Waals surface area contributed by atoms with Crippen LogP contribution in [0.25, 0.3) is 5.69 Å². The summed E-state index contributed by atoms with van der Waals surface area (Å²) in [6.07, 6.45) is 5.50. The normalized spacial score (nSPS) is 16.6. The first-order valence-electron chi connectivity index (χ1n) is 8.01. The van der Waals surface area contributed by atoms with Crippen molar-refractivity contribution in [1.82, 2.24) is 29.9 Å². The zero-order chi connectivity index (χ0) is 16.5. The maximum atomic E-state index is 12.6. The molecule has 1 aromatic carbocycles. The van der Waals surface area contributed by atoms with Gasteiger partial charge in [0.15, 0.2) is 5.69 Å². The number of carbonyl (C=O) groups excluding carboxylic acids is 1. The van der Waals surface area contributed by atoms with Crippen molar-refractivity contribution in [2.75, 3.05) is 0 Å². The van der Waals surface area contributed by atoms with Gasteiger partial charge in [0.25, 0.3) is 5.91 Å². The van der Waals surface area contributed by atoms with Crippen LogP contribution in [-0.2, 0) is 13.0 Å². The van der Waals surface area contributed by atoms with Crippen molar-refractivity contribution in [3.63, 3.8) is 0 Å². The quantitative estimate of drug-likeness (QED) is 0.793. The summed E-state index contributed by atoms with van der Waals surface area (Å²) >= 11 is 0. The van der Waals surface area contributed by atoms with Crippen LogP contribution >= 0.6 is 0 Å². The smallest absolute Gasteiger partial charge is 0.274 e. The molecule has 0 saturated heterocycles. The molecule has 122 valence electrons. The molecule has 7 heteroatoms. The minimum Gasteiger partial charge on any atom is -0.346 e. The zero-order valence-corrected chi connectivity index (χ0v) is 13.4. The number of nitrogens with one attached hydrogen (secondary N) is 1. The van der Waals surface area contributed by atoms with Gasteiger partial charge < -0.3 is 9.88 Å². The molecule has 0 unspecified atom stereocenters. The molecule has 1 N–H and O–H groups in total. The fourth-order valence-electron chi connectivity index (χ4n) is 3.00. The van der Waals surface area contributed by atoms with E-state index in [9.17, 15) is 4.79 Å². The van der Waals surface area contributed by atoms with E-state index >= 15 is 0 Å². The van der Waals surface area contributed by atoms with Crippen molar-refractivity contribution < 1.29 is 4.79 Å². The van der Waals surface area contributed by atoms with Gasteiger partial charge in [0.1, 0.15) is 5.82 Å². The molecule has 0 bridgehead atoms. The number of nitrogens with zero attached hydrogens (tertiary/aromatic N) is 5. The summed E-state index contributed by atoms with van der Waals surface area (Å²) < 4.78 is 2.09. The molecule has 1 amide bonds. The second-order valence-electron chi connectivity index (χ2n) is 5.96. The molecule has 0 fully saturated rings. The number of amides is 1. The van der Waals surface area contributed by atoms with E-state index in [1.807, 2.05) is 36.5 Å². The second kappa shape index (κ2) is 5.92. The van der Waals surface area contributed by atoms with Gasteiger partial charge in [0.2, 0.25) is 0 Å². The van der Waals surface area contributed by atoms with Gasteiger partial charge in [-0.2, -0.15) is 9.90 Å². The number of rotatable bonds is 3. The molecule has 0 radical (unpaired) electrons. The van der Waals surface area contributed by atoms with Gasteiger partial charge in [-0.15, -0.1) is 5.10 Å². The molecule has 1 aliphatic rings. The van der Waals surface area contributed by atoms with E-state index in [1.165, 1.54) is 4.80 Å². The Labute approximate surface area is 139 Å². The van der Waals surface area contributed by atoms with E-state index in [2.05, 4.69) is 25.1 Å². The van der Waals surface area contributed by atoms with E-state index in [-0.39, 0.29) is 11.9 Å². The van der Waals surface area contributed by atoms with Crippen LogP contribution in [0.15, 0.2) is 42.7 Å². The topological polar surface area (TPSA) is 77.6 Å². The first-order chi connectivity index (χ1) is 11.7. The molecule has 0 aliphatic carbocycles. The van der Waals surface area contributed by atoms with Crippen LogP contribution in [0.1, 0.15) is 28.4 Å². The highest BCUT2D eigenvalue weighted by atomic mass is 16.2. The largest absolute Gasteiger partial charge is 0.346 e. The molecule has 1 aliphatic heterocycles. The Kier molecular flexibility index (Phi) is 3.60. The highest BCUT2D eigenvalue weighted by Crippen LogP contribution is 2.14.